The van der Waals surface area contributed by atoms with Crippen LogP contribution >= 0.6 is 0 Å². The summed E-state index contributed by atoms with van der Waals surface area (Å²) in [6.07, 6.45) is 8.30. The molecule has 1 amide bonds. The summed E-state index contributed by atoms with van der Waals surface area (Å²) in [5.74, 6) is 2.08. The van der Waals surface area contributed by atoms with E-state index in [9.17, 15) is 4.79 Å². The number of ether oxygens (including phenoxy) is 2. The van der Waals surface area contributed by atoms with Crippen LogP contribution in [0, 0.1) is 5.92 Å². The number of carbonyl (C=O) groups excluding carboxylic acids is 1. The molecule has 1 atom stereocenters. The zero-order chi connectivity index (χ0) is 18.0. The molecule has 3 rings (SSSR count). The largest absolute Gasteiger partial charge is 0.493 e. The first-order chi connectivity index (χ1) is 12.0. The minimum atomic E-state index is -0.432. The van der Waals surface area contributed by atoms with Gasteiger partial charge in [0.2, 0.25) is 5.91 Å². The number of hydrogen-bond acceptors (Lipinski definition) is 3. The van der Waals surface area contributed by atoms with E-state index < -0.39 is 5.41 Å². The second-order valence-electron chi connectivity index (χ2n) is 7.48. The van der Waals surface area contributed by atoms with Gasteiger partial charge in [0.25, 0.3) is 0 Å². The van der Waals surface area contributed by atoms with Gasteiger partial charge in [-0.15, -0.1) is 0 Å². The lowest BCUT2D eigenvalue weighted by atomic mass is 9.77. The molecular weight excluding hydrogens is 314 g/mol. The summed E-state index contributed by atoms with van der Waals surface area (Å²) in [4.78, 5) is 15.7. The van der Waals surface area contributed by atoms with E-state index in [0.717, 1.165) is 37.8 Å². The van der Waals surface area contributed by atoms with Crippen LogP contribution in [0.4, 0.5) is 0 Å². The molecule has 1 aromatic carbocycles. The van der Waals surface area contributed by atoms with Crippen molar-refractivity contribution in [2.45, 2.75) is 51.0 Å². The Hall–Kier alpha value is -1.97. The Kier molecular flexibility index (Phi) is 5.07. The smallest absolute Gasteiger partial charge is 0.234 e. The summed E-state index contributed by atoms with van der Waals surface area (Å²) in [6, 6.07) is 6.16. The van der Waals surface area contributed by atoms with E-state index in [1.165, 1.54) is 0 Å². The molecule has 1 aliphatic carbocycles. The van der Waals surface area contributed by atoms with Crippen molar-refractivity contribution in [2.24, 2.45) is 5.92 Å². The van der Waals surface area contributed by atoms with Crippen molar-refractivity contribution in [3.63, 3.8) is 0 Å². The van der Waals surface area contributed by atoms with Crippen molar-refractivity contribution in [3.8, 4) is 11.5 Å². The number of hydrogen-bond donors (Lipinski definition) is 0. The molecule has 1 fully saturated rings. The van der Waals surface area contributed by atoms with Crippen LogP contribution in [0.1, 0.15) is 45.1 Å². The van der Waals surface area contributed by atoms with E-state index in [-0.39, 0.29) is 11.9 Å². The van der Waals surface area contributed by atoms with Crippen molar-refractivity contribution >= 4 is 5.91 Å². The fourth-order valence-electron chi connectivity index (χ4n) is 4.35. The predicted octanol–water partition coefficient (Wildman–Crippen LogP) is 3.94. The molecule has 1 aliphatic heterocycles. The highest BCUT2D eigenvalue weighted by molar-refractivity contribution is 5.89. The Bertz CT molecular complexity index is 659. The van der Waals surface area contributed by atoms with Crippen molar-refractivity contribution in [1.82, 2.24) is 4.90 Å². The molecule has 0 spiro atoms. The van der Waals surface area contributed by atoms with Gasteiger partial charge in [-0.2, -0.15) is 0 Å². The summed E-state index contributed by atoms with van der Waals surface area (Å²) < 4.78 is 10.8. The van der Waals surface area contributed by atoms with Crippen molar-refractivity contribution < 1.29 is 14.3 Å². The molecule has 2 aliphatic rings. The van der Waals surface area contributed by atoms with Crippen molar-refractivity contribution in [3.05, 3.63) is 35.9 Å². The van der Waals surface area contributed by atoms with Gasteiger partial charge in [-0.05, 0) is 36.5 Å². The number of amides is 1. The van der Waals surface area contributed by atoms with Crippen LogP contribution in [0.3, 0.4) is 0 Å². The maximum Gasteiger partial charge on any atom is 0.234 e. The maximum atomic E-state index is 13.7. The minimum Gasteiger partial charge on any atom is -0.493 e. The SMILES string of the molecule is COc1ccc(C2(C(=O)N3CC=C[C@@H]3C(C)C)CCCC2)cc1OC. The third-order valence-corrected chi connectivity index (χ3v) is 5.74. The lowest BCUT2D eigenvalue weighted by molar-refractivity contribution is -0.138. The number of methoxy groups -OCH3 is 2. The zero-order valence-electron chi connectivity index (χ0n) is 15.7. The van der Waals surface area contributed by atoms with E-state index >= 15 is 0 Å². The topological polar surface area (TPSA) is 38.8 Å². The Morgan fingerprint density at radius 3 is 2.44 bits per heavy atom. The number of carbonyl (C=O) groups is 1. The van der Waals surface area contributed by atoms with Crippen LogP contribution in [0.15, 0.2) is 30.4 Å². The molecule has 136 valence electrons. The first kappa shape index (κ1) is 17.8. The molecule has 0 unspecified atom stereocenters. The van der Waals surface area contributed by atoms with Gasteiger partial charge < -0.3 is 14.4 Å². The van der Waals surface area contributed by atoms with Crippen LogP contribution in [-0.4, -0.2) is 37.6 Å². The fourth-order valence-corrected chi connectivity index (χ4v) is 4.35. The van der Waals surface area contributed by atoms with Gasteiger partial charge in [0, 0.05) is 6.54 Å². The average Bonchev–Trinajstić information content (AvgIpc) is 3.30. The molecule has 4 heteroatoms. The third kappa shape index (κ3) is 3.03. The maximum absolute atomic E-state index is 13.7. The monoisotopic (exact) mass is 343 g/mol. The Balaban J connectivity index is 1.98. The van der Waals surface area contributed by atoms with Crippen molar-refractivity contribution in [1.29, 1.82) is 0 Å². The summed E-state index contributed by atoms with van der Waals surface area (Å²) in [6.45, 7) is 5.08. The highest BCUT2D eigenvalue weighted by Gasteiger charge is 2.47. The van der Waals surface area contributed by atoms with E-state index in [1.807, 2.05) is 18.2 Å². The highest BCUT2D eigenvalue weighted by atomic mass is 16.5. The molecule has 0 N–H and O–H groups in total. The van der Waals surface area contributed by atoms with Crippen LogP contribution in [0.25, 0.3) is 0 Å². The molecule has 1 saturated carbocycles. The van der Waals surface area contributed by atoms with Gasteiger partial charge in [-0.1, -0.05) is 44.9 Å². The van der Waals surface area contributed by atoms with Gasteiger partial charge in [0.05, 0.1) is 25.7 Å². The molecule has 0 bridgehead atoms. The molecule has 4 nitrogen and oxygen atoms in total. The number of rotatable bonds is 5. The van der Waals surface area contributed by atoms with E-state index in [2.05, 4.69) is 30.9 Å². The quantitative estimate of drug-likeness (QED) is 0.760. The van der Waals surface area contributed by atoms with Gasteiger partial charge in [0.15, 0.2) is 11.5 Å². The van der Waals surface area contributed by atoms with Gasteiger partial charge in [0.1, 0.15) is 0 Å². The summed E-state index contributed by atoms with van der Waals surface area (Å²) in [7, 11) is 3.28. The molecule has 0 aromatic heterocycles. The zero-order valence-corrected chi connectivity index (χ0v) is 15.7. The second-order valence-corrected chi connectivity index (χ2v) is 7.48. The summed E-state index contributed by atoms with van der Waals surface area (Å²) >= 11 is 0. The van der Waals surface area contributed by atoms with Crippen LogP contribution in [-0.2, 0) is 10.2 Å². The third-order valence-electron chi connectivity index (χ3n) is 5.74. The van der Waals surface area contributed by atoms with Crippen LogP contribution in [0.5, 0.6) is 11.5 Å². The minimum absolute atomic E-state index is 0.199. The molecule has 1 heterocycles. The normalized spacial score (nSPS) is 21.8. The van der Waals surface area contributed by atoms with Crippen LogP contribution < -0.4 is 9.47 Å². The Labute approximate surface area is 150 Å². The van der Waals surface area contributed by atoms with Gasteiger partial charge in [-0.3, -0.25) is 4.79 Å². The lowest BCUT2D eigenvalue weighted by Gasteiger charge is -2.37. The second kappa shape index (κ2) is 7.11. The van der Waals surface area contributed by atoms with Gasteiger partial charge >= 0.3 is 0 Å². The average molecular weight is 343 g/mol. The lowest BCUT2D eigenvalue weighted by Crippen LogP contribution is -2.49. The standard InChI is InChI=1S/C21H29NO3/c1-15(2)17-8-7-13-22(17)20(23)21(11-5-6-12-21)16-9-10-18(24-3)19(14-16)25-4/h7-10,14-15,17H,5-6,11-13H2,1-4H3/t17-/m1/s1. The molecule has 25 heavy (non-hydrogen) atoms. The molecule has 1 aromatic rings. The number of benzene rings is 1. The Morgan fingerprint density at radius 1 is 1.16 bits per heavy atom. The molecule has 0 radical (unpaired) electrons. The van der Waals surface area contributed by atoms with E-state index in [1.54, 1.807) is 14.2 Å². The molecular formula is C21H29NO3. The van der Waals surface area contributed by atoms with Crippen molar-refractivity contribution in [2.75, 3.05) is 20.8 Å². The first-order valence-electron chi connectivity index (χ1n) is 9.23. The summed E-state index contributed by atoms with van der Waals surface area (Å²) in [5.41, 5.74) is 0.626. The Morgan fingerprint density at radius 2 is 1.84 bits per heavy atom. The summed E-state index contributed by atoms with van der Waals surface area (Å²) in [5, 5.41) is 0. The first-order valence-corrected chi connectivity index (χ1v) is 9.23. The van der Waals surface area contributed by atoms with Crippen LogP contribution in [0.2, 0.25) is 0 Å². The fraction of sp³-hybridized carbons (Fsp3) is 0.571. The molecule has 0 saturated heterocycles. The number of nitrogens with zero attached hydrogens (tertiary/aromatic N) is 1. The predicted molar refractivity (Wildman–Crippen MR) is 99.2 cm³/mol. The van der Waals surface area contributed by atoms with Gasteiger partial charge in [-0.25, -0.2) is 0 Å². The van der Waals surface area contributed by atoms with E-state index in [0.29, 0.717) is 17.4 Å². The van der Waals surface area contributed by atoms with E-state index in [4.69, 9.17) is 9.47 Å². The highest BCUT2D eigenvalue weighted by Crippen LogP contribution is 2.45.